The van der Waals surface area contributed by atoms with Gasteiger partial charge < -0.3 is 37.2 Å². The lowest BCUT2D eigenvalue weighted by Gasteiger charge is -2.28. The summed E-state index contributed by atoms with van der Waals surface area (Å²) >= 11 is 0. The number of carboxylic acid groups (broad SMARTS) is 1. The molecule has 1 fully saturated rings. The van der Waals surface area contributed by atoms with Gasteiger partial charge >= 0.3 is 5.97 Å². The van der Waals surface area contributed by atoms with Crippen molar-refractivity contribution in [1.82, 2.24) is 15.5 Å². The zero-order chi connectivity index (χ0) is 21.4. The molecule has 0 bridgehead atoms. The van der Waals surface area contributed by atoms with E-state index in [1.54, 1.807) is 0 Å². The molecule has 1 heterocycles. The number of aliphatic carboxylic acids is 1. The first kappa shape index (κ1) is 23.3. The zero-order valence-corrected chi connectivity index (χ0v) is 15.6. The molecule has 0 aromatic rings. The molecule has 28 heavy (non-hydrogen) atoms. The van der Waals surface area contributed by atoms with Gasteiger partial charge in [0.15, 0.2) is 0 Å². The molecule has 1 saturated heterocycles. The van der Waals surface area contributed by atoms with E-state index in [1.165, 1.54) is 11.8 Å². The molecule has 0 aliphatic carbocycles. The Bertz CT molecular complexity index is 627. The van der Waals surface area contributed by atoms with Crippen molar-refractivity contribution in [3.63, 3.8) is 0 Å². The van der Waals surface area contributed by atoms with E-state index in [-0.39, 0.29) is 19.4 Å². The predicted molar refractivity (Wildman–Crippen MR) is 95.4 cm³/mol. The second kappa shape index (κ2) is 10.6. The van der Waals surface area contributed by atoms with E-state index in [0.717, 1.165) is 0 Å². The van der Waals surface area contributed by atoms with Crippen molar-refractivity contribution >= 4 is 29.6 Å². The SMILES string of the molecule is CC(NC(=O)C(CO)NC(=O)C1CCCN1C(=O)C(N)CCC(N)=O)C(=O)O. The summed E-state index contributed by atoms with van der Waals surface area (Å²) in [5.41, 5.74) is 10.8. The Balaban J connectivity index is 2.72. The van der Waals surface area contributed by atoms with Crippen LogP contribution in [0.2, 0.25) is 0 Å². The van der Waals surface area contributed by atoms with Gasteiger partial charge in [-0.3, -0.25) is 24.0 Å². The van der Waals surface area contributed by atoms with Crippen molar-refractivity contribution in [2.75, 3.05) is 13.2 Å². The van der Waals surface area contributed by atoms with Gasteiger partial charge in [0, 0.05) is 13.0 Å². The van der Waals surface area contributed by atoms with Gasteiger partial charge in [-0.2, -0.15) is 0 Å². The van der Waals surface area contributed by atoms with Crippen LogP contribution in [0.3, 0.4) is 0 Å². The van der Waals surface area contributed by atoms with Crippen LogP contribution in [0.15, 0.2) is 0 Å². The Labute approximate surface area is 161 Å². The maximum atomic E-state index is 12.5. The summed E-state index contributed by atoms with van der Waals surface area (Å²) in [6.07, 6.45) is 0.865. The van der Waals surface area contributed by atoms with E-state index in [0.29, 0.717) is 12.8 Å². The Kier molecular flexibility index (Phi) is 8.79. The third-order valence-corrected chi connectivity index (χ3v) is 4.40. The molecule has 0 aromatic heterocycles. The highest BCUT2D eigenvalue weighted by molar-refractivity contribution is 5.94. The van der Waals surface area contributed by atoms with Crippen molar-refractivity contribution in [2.24, 2.45) is 11.5 Å². The van der Waals surface area contributed by atoms with E-state index in [2.05, 4.69) is 10.6 Å². The maximum Gasteiger partial charge on any atom is 0.325 e. The summed E-state index contributed by atoms with van der Waals surface area (Å²) < 4.78 is 0. The summed E-state index contributed by atoms with van der Waals surface area (Å²) in [5.74, 6) is -3.89. The summed E-state index contributed by atoms with van der Waals surface area (Å²) in [7, 11) is 0. The van der Waals surface area contributed by atoms with Crippen LogP contribution in [-0.4, -0.2) is 82.0 Å². The molecular formula is C16H27N5O7. The minimum Gasteiger partial charge on any atom is -0.480 e. The van der Waals surface area contributed by atoms with Crippen LogP contribution in [0.25, 0.3) is 0 Å². The molecule has 1 aliphatic rings. The Morgan fingerprint density at radius 1 is 1.21 bits per heavy atom. The highest BCUT2D eigenvalue weighted by atomic mass is 16.4. The van der Waals surface area contributed by atoms with Gasteiger partial charge in [-0.1, -0.05) is 0 Å². The summed E-state index contributed by atoms with van der Waals surface area (Å²) in [5, 5.41) is 22.6. The first-order valence-corrected chi connectivity index (χ1v) is 8.87. The van der Waals surface area contributed by atoms with Gasteiger partial charge in [-0.15, -0.1) is 0 Å². The number of amides is 4. The van der Waals surface area contributed by atoms with Crippen LogP contribution in [0, 0.1) is 0 Å². The lowest BCUT2D eigenvalue weighted by Crippen LogP contribution is -2.57. The van der Waals surface area contributed by atoms with Crippen molar-refractivity contribution in [1.29, 1.82) is 0 Å². The summed E-state index contributed by atoms with van der Waals surface area (Å²) in [6.45, 7) is 0.775. The van der Waals surface area contributed by atoms with Crippen LogP contribution < -0.4 is 22.1 Å². The van der Waals surface area contributed by atoms with Crippen LogP contribution >= 0.6 is 0 Å². The molecule has 4 atom stereocenters. The number of aliphatic hydroxyl groups excluding tert-OH is 1. The highest BCUT2D eigenvalue weighted by Crippen LogP contribution is 2.19. The summed E-state index contributed by atoms with van der Waals surface area (Å²) in [6, 6.07) is -4.44. The zero-order valence-electron chi connectivity index (χ0n) is 15.6. The molecule has 12 nitrogen and oxygen atoms in total. The van der Waals surface area contributed by atoms with E-state index in [1.807, 2.05) is 0 Å². The smallest absolute Gasteiger partial charge is 0.325 e. The van der Waals surface area contributed by atoms with Gasteiger partial charge in [-0.25, -0.2) is 0 Å². The molecule has 1 aliphatic heterocycles. The number of carbonyl (C=O) groups excluding carboxylic acids is 4. The molecular weight excluding hydrogens is 374 g/mol. The minimum atomic E-state index is -1.37. The number of carboxylic acids is 1. The number of primary amides is 1. The fourth-order valence-corrected chi connectivity index (χ4v) is 2.78. The van der Waals surface area contributed by atoms with E-state index in [4.69, 9.17) is 16.6 Å². The van der Waals surface area contributed by atoms with Crippen LogP contribution in [0.5, 0.6) is 0 Å². The number of aliphatic hydroxyl groups is 1. The molecule has 4 amide bonds. The molecule has 8 N–H and O–H groups in total. The van der Waals surface area contributed by atoms with Gasteiger partial charge in [0.25, 0.3) is 0 Å². The average Bonchev–Trinajstić information content (AvgIpc) is 3.12. The lowest BCUT2D eigenvalue weighted by atomic mass is 10.1. The van der Waals surface area contributed by atoms with Crippen LogP contribution in [0.4, 0.5) is 0 Å². The van der Waals surface area contributed by atoms with Crippen molar-refractivity contribution in [3.8, 4) is 0 Å². The molecule has 0 saturated carbocycles. The molecule has 12 heteroatoms. The minimum absolute atomic E-state index is 0.0494. The lowest BCUT2D eigenvalue weighted by molar-refractivity contribution is -0.143. The van der Waals surface area contributed by atoms with Crippen molar-refractivity contribution in [3.05, 3.63) is 0 Å². The number of hydrogen-bond donors (Lipinski definition) is 6. The van der Waals surface area contributed by atoms with E-state index in [9.17, 15) is 29.1 Å². The highest BCUT2D eigenvalue weighted by Gasteiger charge is 2.37. The standard InChI is InChI=1S/C16H27N5O7/c1-8(16(27)28)19-13(24)10(7-22)20-14(25)11-3-2-6-21(11)15(26)9(17)4-5-12(18)23/h8-11,22H,2-7,17H2,1H3,(H2,18,23)(H,19,24)(H,20,25)(H,27,28). The van der Waals surface area contributed by atoms with E-state index >= 15 is 0 Å². The number of nitrogens with one attached hydrogen (secondary N) is 2. The number of nitrogens with two attached hydrogens (primary N) is 2. The topological polar surface area (TPSA) is 205 Å². The molecule has 1 rings (SSSR count). The number of likely N-dealkylation sites (tertiary alicyclic amines) is 1. The molecule has 0 aromatic carbocycles. The molecule has 158 valence electrons. The largest absolute Gasteiger partial charge is 0.480 e. The fourth-order valence-electron chi connectivity index (χ4n) is 2.78. The number of hydrogen-bond acceptors (Lipinski definition) is 7. The number of carbonyl (C=O) groups is 5. The maximum absolute atomic E-state index is 12.5. The second-order valence-electron chi connectivity index (χ2n) is 6.61. The molecule has 0 spiro atoms. The first-order valence-electron chi connectivity index (χ1n) is 8.87. The normalized spacial score (nSPS) is 19.4. The first-order chi connectivity index (χ1) is 13.1. The Hall–Kier alpha value is -2.73. The Morgan fingerprint density at radius 2 is 1.86 bits per heavy atom. The van der Waals surface area contributed by atoms with Gasteiger partial charge in [-0.05, 0) is 26.2 Å². The van der Waals surface area contributed by atoms with Gasteiger partial charge in [0.05, 0.1) is 12.6 Å². The third kappa shape index (κ3) is 6.46. The van der Waals surface area contributed by atoms with E-state index < -0.39 is 60.4 Å². The van der Waals surface area contributed by atoms with Crippen LogP contribution in [0.1, 0.15) is 32.6 Å². The average molecular weight is 401 g/mol. The van der Waals surface area contributed by atoms with Gasteiger partial charge in [0.2, 0.25) is 23.6 Å². The molecule has 4 unspecified atom stereocenters. The number of nitrogens with zero attached hydrogens (tertiary/aromatic N) is 1. The monoisotopic (exact) mass is 401 g/mol. The molecule has 0 radical (unpaired) electrons. The quantitative estimate of drug-likeness (QED) is 0.217. The van der Waals surface area contributed by atoms with Crippen molar-refractivity contribution in [2.45, 2.75) is 56.8 Å². The second-order valence-corrected chi connectivity index (χ2v) is 6.61. The number of rotatable bonds is 10. The Morgan fingerprint density at radius 3 is 2.39 bits per heavy atom. The predicted octanol–water partition coefficient (Wildman–Crippen LogP) is -3.36. The van der Waals surface area contributed by atoms with Gasteiger partial charge in [0.1, 0.15) is 18.1 Å². The van der Waals surface area contributed by atoms with Crippen molar-refractivity contribution < 1.29 is 34.2 Å². The van der Waals surface area contributed by atoms with Crippen LogP contribution in [-0.2, 0) is 24.0 Å². The summed E-state index contributed by atoms with van der Waals surface area (Å²) in [4.78, 5) is 59.9. The third-order valence-electron chi connectivity index (χ3n) is 4.40. The fraction of sp³-hybridized carbons (Fsp3) is 0.688.